The molecule has 1 aromatic rings. The number of halogens is 4. The Morgan fingerprint density at radius 3 is 2.43 bits per heavy atom. The first-order chi connectivity index (χ1) is 9.97. The lowest BCUT2D eigenvalue weighted by Crippen LogP contribution is -2.46. The van der Waals surface area contributed by atoms with Gasteiger partial charge in [0.25, 0.3) is 18.8 Å². The van der Waals surface area contributed by atoms with Crippen molar-refractivity contribution in [2.45, 2.75) is 38.7 Å². The molecule has 0 unspecified atom stereocenters. The van der Waals surface area contributed by atoms with E-state index in [2.05, 4.69) is 10.5 Å². The van der Waals surface area contributed by atoms with Crippen molar-refractivity contribution in [2.75, 3.05) is 13.1 Å². The van der Waals surface area contributed by atoms with E-state index in [1.807, 2.05) is 0 Å². The molecule has 1 aromatic heterocycles. The van der Waals surface area contributed by atoms with Gasteiger partial charge in [0, 0.05) is 13.1 Å². The average molecular weight is 308 g/mol. The molecule has 0 aliphatic carbocycles. The predicted molar refractivity (Wildman–Crippen MR) is 65.7 cm³/mol. The summed E-state index contributed by atoms with van der Waals surface area (Å²) < 4.78 is 51.2. The number of nitrogens with one attached hydrogen (secondary N) is 1. The first kappa shape index (κ1) is 15.7. The number of rotatable bonds is 5. The Balaban J connectivity index is 2.01. The van der Waals surface area contributed by atoms with Gasteiger partial charge in [0.2, 0.25) is 0 Å². The lowest BCUT2D eigenvalue weighted by atomic mass is 10.2. The Bertz CT molecular complexity index is 486. The van der Waals surface area contributed by atoms with Crippen molar-refractivity contribution in [1.82, 2.24) is 20.2 Å². The maximum absolute atomic E-state index is 12.8. The van der Waals surface area contributed by atoms with E-state index < -0.39 is 36.7 Å². The maximum Gasteiger partial charge on any atom is 0.282 e. The van der Waals surface area contributed by atoms with Crippen LogP contribution in [-0.4, -0.2) is 33.8 Å². The van der Waals surface area contributed by atoms with Crippen LogP contribution in [0.3, 0.4) is 0 Å². The molecular formula is C12H16F4N4O. The number of aromatic nitrogens is 2. The van der Waals surface area contributed by atoms with Gasteiger partial charge in [0.1, 0.15) is 17.9 Å². The van der Waals surface area contributed by atoms with Gasteiger partial charge in [-0.1, -0.05) is 6.42 Å². The number of carbonyl (C=O) groups is 1. The van der Waals surface area contributed by atoms with Crippen molar-refractivity contribution < 1.29 is 22.4 Å². The molecule has 0 bridgehead atoms. The topological polar surface area (TPSA) is 50.2 Å². The summed E-state index contributed by atoms with van der Waals surface area (Å²) in [5, 5.41) is 5.07. The third kappa shape index (κ3) is 4.16. The molecule has 2 rings (SSSR count). The lowest BCUT2D eigenvalue weighted by Gasteiger charge is -2.26. The molecule has 1 saturated heterocycles. The van der Waals surface area contributed by atoms with Crippen molar-refractivity contribution in [3.05, 3.63) is 17.5 Å². The molecule has 0 aromatic carbocycles. The Kier molecular flexibility index (Phi) is 5.16. The van der Waals surface area contributed by atoms with Gasteiger partial charge in [-0.15, -0.1) is 0 Å². The van der Waals surface area contributed by atoms with Crippen molar-refractivity contribution in [3.63, 3.8) is 0 Å². The Morgan fingerprint density at radius 2 is 1.86 bits per heavy atom. The zero-order chi connectivity index (χ0) is 15.4. The van der Waals surface area contributed by atoms with Gasteiger partial charge >= 0.3 is 0 Å². The van der Waals surface area contributed by atoms with Crippen LogP contribution in [0.4, 0.5) is 17.6 Å². The van der Waals surface area contributed by atoms with Gasteiger partial charge in [0.05, 0.1) is 0 Å². The third-order valence-electron chi connectivity index (χ3n) is 3.21. The van der Waals surface area contributed by atoms with Crippen molar-refractivity contribution in [3.8, 4) is 0 Å². The normalized spacial score (nSPS) is 16.7. The fourth-order valence-electron chi connectivity index (χ4n) is 2.21. The minimum Gasteiger partial charge on any atom is -0.287 e. The van der Waals surface area contributed by atoms with Gasteiger partial charge in [-0.05, 0) is 18.9 Å². The van der Waals surface area contributed by atoms with Crippen LogP contribution in [0.1, 0.15) is 43.5 Å². The van der Waals surface area contributed by atoms with Crippen LogP contribution in [0.15, 0.2) is 6.07 Å². The van der Waals surface area contributed by atoms with Crippen LogP contribution in [0.25, 0.3) is 0 Å². The summed E-state index contributed by atoms with van der Waals surface area (Å²) in [6, 6.07) is 0.628. The van der Waals surface area contributed by atoms with E-state index in [1.165, 1.54) is 0 Å². The molecule has 1 fully saturated rings. The molecular weight excluding hydrogens is 292 g/mol. The maximum atomic E-state index is 12.8. The molecule has 1 aliphatic rings. The molecule has 0 saturated carbocycles. The fraction of sp³-hybridized carbons (Fsp3) is 0.667. The molecule has 1 amide bonds. The Hall–Kier alpha value is -1.64. The monoisotopic (exact) mass is 308 g/mol. The minimum atomic E-state index is -2.97. The van der Waals surface area contributed by atoms with Crippen molar-refractivity contribution in [1.29, 1.82) is 0 Å². The number of carbonyl (C=O) groups excluding carboxylic acids is 1. The highest BCUT2D eigenvalue weighted by molar-refractivity contribution is 5.75. The van der Waals surface area contributed by atoms with Crippen LogP contribution < -0.4 is 5.43 Å². The molecule has 1 aliphatic heterocycles. The number of piperidine rings is 1. The van der Waals surface area contributed by atoms with Crippen LogP contribution in [0.5, 0.6) is 0 Å². The van der Waals surface area contributed by atoms with E-state index in [-0.39, 0.29) is 0 Å². The summed E-state index contributed by atoms with van der Waals surface area (Å²) in [6.45, 7) is 0.868. The highest BCUT2D eigenvalue weighted by Gasteiger charge is 2.23. The SMILES string of the molecule is O=C(Cn1nc(C(F)F)cc1C(F)F)NN1CCCCC1. The molecule has 5 nitrogen and oxygen atoms in total. The number of hydrazine groups is 1. The number of nitrogens with zero attached hydrogens (tertiary/aromatic N) is 3. The van der Waals surface area contributed by atoms with E-state index in [9.17, 15) is 22.4 Å². The van der Waals surface area contributed by atoms with Crippen LogP contribution >= 0.6 is 0 Å². The first-order valence-electron chi connectivity index (χ1n) is 6.65. The second-order valence-electron chi connectivity index (χ2n) is 4.84. The van der Waals surface area contributed by atoms with Gasteiger partial charge in [0.15, 0.2) is 0 Å². The van der Waals surface area contributed by atoms with E-state index in [0.717, 1.165) is 19.3 Å². The summed E-state index contributed by atoms with van der Waals surface area (Å²) in [7, 11) is 0. The smallest absolute Gasteiger partial charge is 0.282 e. The highest BCUT2D eigenvalue weighted by Crippen LogP contribution is 2.24. The Morgan fingerprint density at radius 1 is 1.19 bits per heavy atom. The fourth-order valence-corrected chi connectivity index (χ4v) is 2.21. The number of hydrogen-bond acceptors (Lipinski definition) is 3. The van der Waals surface area contributed by atoms with Gasteiger partial charge in [-0.25, -0.2) is 22.6 Å². The molecule has 21 heavy (non-hydrogen) atoms. The van der Waals surface area contributed by atoms with E-state index >= 15 is 0 Å². The zero-order valence-electron chi connectivity index (χ0n) is 11.2. The summed E-state index contributed by atoms with van der Waals surface area (Å²) in [4.78, 5) is 11.8. The number of hydrogen-bond donors (Lipinski definition) is 1. The van der Waals surface area contributed by atoms with Gasteiger partial charge < -0.3 is 0 Å². The second-order valence-corrected chi connectivity index (χ2v) is 4.84. The van der Waals surface area contributed by atoms with Gasteiger partial charge in [-0.3, -0.25) is 14.9 Å². The van der Waals surface area contributed by atoms with E-state index in [4.69, 9.17) is 0 Å². The van der Waals surface area contributed by atoms with Crippen LogP contribution in [-0.2, 0) is 11.3 Å². The number of alkyl halides is 4. The minimum absolute atomic E-state index is 0.511. The Labute approximate surface area is 118 Å². The molecule has 118 valence electrons. The van der Waals surface area contributed by atoms with Crippen molar-refractivity contribution in [2.24, 2.45) is 0 Å². The lowest BCUT2D eigenvalue weighted by molar-refractivity contribution is -0.127. The summed E-state index contributed by atoms with van der Waals surface area (Å²) in [6.07, 6.45) is -2.94. The van der Waals surface area contributed by atoms with Crippen LogP contribution in [0.2, 0.25) is 0 Å². The standard InChI is InChI=1S/C12H16F4N4O/c13-11(14)8-6-9(12(15)16)20(17-8)7-10(21)18-19-4-2-1-3-5-19/h6,11-12H,1-5,7H2,(H,18,21). The largest absolute Gasteiger partial charge is 0.287 e. The van der Waals surface area contributed by atoms with E-state index in [1.54, 1.807) is 5.01 Å². The summed E-state index contributed by atoms with van der Waals surface area (Å²) >= 11 is 0. The predicted octanol–water partition coefficient (Wildman–Crippen LogP) is 2.28. The molecule has 1 N–H and O–H groups in total. The molecule has 0 atom stereocenters. The number of amides is 1. The van der Waals surface area contributed by atoms with E-state index in [0.29, 0.717) is 23.8 Å². The molecule has 9 heteroatoms. The van der Waals surface area contributed by atoms with Crippen LogP contribution in [0, 0.1) is 0 Å². The van der Waals surface area contributed by atoms with Crippen molar-refractivity contribution >= 4 is 5.91 Å². The second kappa shape index (κ2) is 6.88. The average Bonchev–Trinajstić information content (AvgIpc) is 2.84. The quantitative estimate of drug-likeness (QED) is 0.849. The summed E-state index contributed by atoms with van der Waals surface area (Å²) in [5.41, 5.74) is 1.14. The summed E-state index contributed by atoms with van der Waals surface area (Å²) in [5.74, 6) is -0.553. The molecule has 0 radical (unpaired) electrons. The third-order valence-corrected chi connectivity index (χ3v) is 3.21. The zero-order valence-corrected chi connectivity index (χ0v) is 11.2. The highest BCUT2D eigenvalue weighted by atomic mass is 19.3. The molecule has 0 spiro atoms. The first-order valence-corrected chi connectivity index (χ1v) is 6.65. The molecule has 2 heterocycles. The van der Waals surface area contributed by atoms with Gasteiger partial charge in [-0.2, -0.15) is 5.10 Å².